The van der Waals surface area contributed by atoms with Gasteiger partial charge in [-0.3, -0.25) is 4.79 Å². The Hall–Kier alpha value is -4.20. The van der Waals surface area contributed by atoms with E-state index >= 15 is 0 Å². The van der Waals surface area contributed by atoms with Crippen LogP contribution in [0.3, 0.4) is 0 Å². The lowest BCUT2D eigenvalue weighted by atomic mass is 10.0. The number of hydrogen-bond acceptors (Lipinski definition) is 6. The molecule has 0 aliphatic heterocycles. The number of rotatable bonds is 6. The first-order chi connectivity index (χ1) is 15.6. The molecule has 8 heteroatoms. The molecule has 0 radical (unpaired) electrons. The molecular weight excluding hydrogens is 406 g/mol. The predicted octanol–water partition coefficient (Wildman–Crippen LogP) is 5.10. The molecule has 0 saturated carbocycles. The van der Waals surface area contributed by atoms with Crippen LogP contribution in [0.2, 0.25) is 0 Å². The minimum atomic E-state index is -0.268. The number of anilines is 1. The third kappa shape index (κ3) is 3.78. The highest BCUT2D eigenvalue weighted by atomic mass is 16.5. The highest BCUT2D eigenvalue weighted by molar-refractivity contribution is 6.13. The maximum atomic E-state index is 13.4. The first kappa shape index (κ1) is 19.7. The lowest BCUT2D eigenvalue weighted by Crippen LogP contribution is -2.14. The summed E-state index contributed by atoms with van der Waals surface area (Å²) in [5.41, 5.74) is 3.68. The van der Waals surface area contributed by atoms with Crippen molar-refractivity contribution in [3.63, 3.8) is 0 Å². The van der Waals surface area contributed by atoms with Crippen molar-refractivity contribution in [2.24, 2.45) is 0 Å². The summed E-state index contributed by atoms with van der Waals surface area (Å²) in [6, 6.07) is 13.0. The van der Waals surface area contributed by atoms with E-state index in [9.17, 15) is 4.79 Å². The van der Waals surface area contributed by atoms with Crippen molar-refractivity contribution in [2.45, 2.75) is 26.3 Å². The van der Waals surface area contributed by atoms with Gasteiger partial charge in [0.2, 0.25) is 0 Å². The Balaban J connectivity index is 1.52. The van der Waals surface area contributed by atoms with Crippen molar-refractivity contribution in [3.8, 4) is 11.5 Å². The van der Waals surface area contributed by atoms with Gasteiger partial charge in [-0.05, 0) is 41.8 Å². The van der Waals surface area contributed by atoms with Gasteiger partial charge in [0.25, 0.3) is 11.6 Å². The van der Waals surface area contributed by atoms with E-state index in [1.165, 1.54) is 0 Å². The van der Waals surface area contributed by atoms with Crippen LogP contribution in [0.25, 0.3) is 22.6 Å². The maximum absolute atomic E-state index is 13.4. The molecule has 0 fully saturated rings. The zero-order chi connectivity index (χ0) is 22.1. The smallest absolute Gasteiger partial charge is 0.259 e. The van der Waals surface area contributed by atoms with E-state index in [-0.39, 0.29) is 11.8 Å². The van der Waals surface area contributed by atoms with Crippen molar-refractivity contribution in [2.75, 3.05) is 5.32 Å². The fraction of sp³-hybridized carbons (Fsp3) is 0.167. The van der Waals surface area contributed by atoms with E-state index < -0.39 is 0 Å². The number of hydrogen-bond donors (Lipinski definition) is 1. The number of aromatic nitrogens is 4. The SMILES string of the molecule is CC(C)c1noc2nc(-c3ccco3)cc(C(=O)Nc3cccc(Cn4ccnc4)c3)c12. The summed E-state index contributed by atoms with van der Waals surface area (Å²) in [6.07, 6.45) is 6.96. The number of nitrogens with zero attached hydrogens (tertiary/aromatic N) is 4. The topological polar surface area (TPSA) is 99.0 Å². The molecule has 5 aromatic rings. The summed E-state index contributed by atoms with van der Waals surface area (Å²) in [5, 5.41) is 7.79. The number of imidazole rings is 1. The number of benzene rings is 1. The number of fused-ring (bicyclic) bond motifs is 1. The molecule has 160 valence electrons. The molecule has 1 N–H and O–H groups in total. The Kier molecular flexibility index (Phi) is 5.03. The lowest BCUT2D eigenvalue weighted by molar-refractivity contribution is 0.102. The maximum Gasteiger partial charge on any atom is 0.259 e. The van der Waals surface area contributed by atoms with E-state index in [1.807, 2.05) is 48.9 Å². The Morgan fingerprint density at radius 3 is 2.84 bits per heavy atom. The first-order valence-electron chi connectivity index (χ1n) is 10.3. The van der Waals surface area contributed by atoms with Gasteiger partial charge < -0.3 is 18.8 Å². The summed E-state index contributed by atoms with van der Waals surface area (Å²) in [4.78, 5) is 22.0. The second-order valence-electron chi connectivity index (χ2n) is 7.82. The molecule has 4 heterocycles. The van der Waals surface area contributed by atoms with Crippen molar-refractivity contribution < 1.29 is 13.7 Å². The molecule has 0 bridgehead atoms. The van der Waals surface area contributed by atoms with E-state index in [2.05, 4.69) is 20.4 Å². The molecule has 0 spiro atoms. The summed E-state index contributed by atoms with van der Waals surface area (Å²) in [7, 11) is 0. The number of pyridine rings is 1. The first-order valence-corrected chi connectivity index (χ1v) is 10.3. The predicted molar refractivity (Wildman–Crippen MR) is 119 cm³/mol. The Morgan fingerprint density at radius 2 is 2.09 bits per heavy atom. The fourth-order valence-corrected chi connectivity index (χ4v) is 3.63. The van der Waals surface area contributed by atoms with Gasteiger partial charge in [-0.2, -0.15) is 0 Å². The van der Waals surface area contributed by atoms with Gasteiger partial charge in [0.15, 0.2) is 5.76 Å². The molecule has 5 rings (SSSR count). The lowest BCUT2D eigenvalue weighted by Gasteiger charge is -2.10. The number of amides is 1. The van der Waals surface area contributed by atoms with Gasteiger partial charge in [0.05, 0.1) is 29.2 Å². The van der Waals surface area contributed by atoms with Crippen LogP contribution < -0.4 is 5.32 Å². The van der Waals surface area contributed by atoms with Gasteiger partial charge in [0.1, 0.15) is 5.69 Å². The van der Waals surface area contributed by atoms with Crippen LogP contribution in [-0.4, -0.2) is 25.6 Å². The number of carbonyl (C=O) groups is 1. The van der Waals surface area contributed by atoms with Crippen molar-refractivity contribution in [1.29, 1.82) is 0 Å². The van der Waals surface area contributed by atoms with Gasteiger partial charge in [-0.15, -0.1) is 0 Å². The summed E-state index contributed by atoms with van der Waals surface area (Å²) >= 11 is 0. The highest BCUT2D eigenvalue weighted by Gasteiger charge is 2.23. The Morgan fingerprint density at radius 1 is 1.19 bits per heavy atom. The molecule has 1 aromatic carbocycles. The Labute approximate surface area is 183 Å². The number of nitrogens with one attached hydrogen (secondary N) is 1. The summed E-state index contributed by atoms with van der Waals surface area (Å²) < 4.78 is 12.9. The second-order valence-corrected chi connectivity index (χ2v) is 7.82. The molecular formula is C24H21N5O3. The minimum Gasteiger partial charge on any atom is -0.463 e. The third-order valence-corrected chi connectivity index (χ3v) is 5.15. The van der Waals surface area contributed by atoms with E-state index in [4.69, 9.17) is 8.94 Å². The number of furan rings is 1. The third-order valence-electron chi connectivity index (χ3n) is 5.15. The molecule has 0 atom stereocenters. The molecule has 32 heavy (non-hydrogen) atoms. The molecule has 0 aliphatic carbocycles. The molecule has 1 amide bonds. The highest BCUT2D eigenvalue weighted by Crippen LogP contribution is 2.31. The monoisotopic (exact) mass is 427 g/mol. The molecule has 4 aromatic heterocycles. The van der Waals surface area contributed by atoms with Gasteiger partial charge >= 0.3 is 0 Å². The van der Waals surface area contributed by atoms with E-state index in [0.717, 1.165) is 5.56 Å². The van der Waals surface area contributed by atoms with Crippen LogP contribution in [0.1, 0.15) is 41.4 Å². The standard InChI is InChI=1S/C24H21N5O3/c1-15(2)22-21-18(12-19(20-7-4-10-31-20)27-24(21)32-28-22)23(30)26-17-6-3-5-16(11-17)13-29-9-8-25-14-29/h3-12,14-15H,13H2,1-2H3,(H,26,30). The zero-order valence-electron chi connectivity index (χ0n) is 17.6. The van der Waals surface area contributed by atoms with Crippen LogP contribution >= 0.6 is 0 Å². The molecule has 0 unspecified atom stereocenters. The van der Waals surface area contributed by atoms with E-state index in [1.54, 1.807) is 37.0 Å². The average Bonchev–Trinajstić information content (AvgIpc) is 3.54. The van der Waals surface area contributed by atoms with Crippen LogP contribution in [0.5, 0.6) is 0 Å². The molecule has 8 nitrogen and oxygen atoms in total. The van der Waals surface area contributed by atoms with Crippen LogP contribution in [-0.2, 0) is 6.54 Å². The Bertz CT molecular complexity index is 1370. The van der Waals surface area contributed by atoms with Gasteiger partial charge in [0, 0.05) is 24.6 Å². The molecule has 0 saturated heterocycles. The van der Waals surface area contributed by atoms with Gasteiger partial charge in [-0.1, -0.05) is 31.1 Å². The fourth-order valence-electron chi connectivity index (χ4n) is 3.63. The largest absolute Gasteiger partial charge is 0.463 e. The number of carbonyl (C=O) groups excluding carboxylic acids is 1. The van der Waals surface area contributed by atoms with Gasteiger partial charge in [-0.25, -0.2) is 9.97 Å². The van der Waals surface area contributed by atoms with Crippen LogP contribution in [0.4, 0.5) is 5.69 Å². The summed E-state index contributed by atoms with van der Waals surface area (Å²) in [5.74, 6) is 0.346. The van der Waals surface area contributed by atoms with Crippen molar-refractivity contribution >= 4 is 22.7 Å². The minimum absolute atomic E-state index is 0.0672. The molecule has 0 aliphatic rings. The quantitative estimate of drug-likeness (QED) is 0.405. The zero-order valence-corrected chi connectivity index (χ0v) is 17.6. The van der Waals surface area contributed by atoms with Crippen LogP contribution in [0, 0.1) is 0 Å². The average molecular weight is 427 g/mol. The van der Waals surface area contributed by atoms with Crippen LogP contribution in [0.15, 0.2) is 76.4 Å². The second kappa shape index (κ2) is 8.14. The van der Waals surface area contributed by atoms with E-state index in [0.29, 0.717) is 46.0 Å². The van der Waals surface area contributed by atoms with Crippen molar-refractivity contribution in [1.82, 2.24) is 19.7 Å². The van der Waals surface area contributed by atoms with Crippen molar-refractivity contribution in [3.05, 3.63) is 84.3 Å². The normalized spacial score (nSPS) is 11.3. The summed E-state index contributed by atoms with van der Waals surface area (Å²) in [6.45, 7) is 4.66.